The van der Waals surface area contributed by atoms with Gasteiger partial charge in [0.2, 0.25) is 0 Å². The molecule has 0 aliphatic heterocycles. The van der Waals surface area contributed by atoms with Crippen molar-refractivity contribution in [3.05, 3.63) is 106 Å². The lowest BCUT2D eigenvalue weighted by Gasteiger charge is -2.24. The maximum atomic E-state index is 13.1. The fourth-order valence-electron chi connectivity index (χ4n) is 4.35. The molecule has 0 saturated heterocycles. The van der Waals surface area contributed by atoms with E-state index in [9.17, 15) is 9.90 Å². The number of nitrogens with zero attached hydrogens (tertiary/aromatic N) is 1. The average molecular weight is 458 g/mol. The van der Waals surface area contributed by atoms with Gasteiger partial charge in [-0.1, -0.05) is 64.5 Å². The molecule has 1 unspecified atom stereocenters. The molecule has 0 amide bonds. The number of benzene rings is 3. The van der Waals surface area contributed by atoms with Crippen LogP contribution < -0.4 is 0 Å². The van der Waals surface area contributed by atoms with Crippen LogP contribution in [0.3, 0.4) is 0 Å². The minimum Gasteiger partial charge on any atom is -0.508 e. The van der Waals surface area contributed by atoms with Crippen LogP contribution in [0.15, 0.2) is 89.4 Å². The zero-order valence-electron chi connectivity index (χ0n) is 16.3. The summed E-state index contributed by atoms with van der Waals surface area (Å²) in [5.41, 5.74) is 5.81. The molecular weight excluding hydrogens is 438 g/mol. The van der Waals surface area contributed by atoms with E-state index in [-0.39, 0.29) is 17.5 Å². The second-order valence-corrected chi connectivity index (χ2v) is 8.61. The van der Waals surface area contributed by atoms with Crippen molar-refractivity contribution in [2.45, 2.75) is 18.8 Å². The van der Waals surface area contributed by atoms with Gasteiger partial charge >= 0.3 is 0 Å². The Balaban J connectivity index is 1.71. The standard InChI is InChI=1S/C26H20BrNO2/c27-20-11-9-18(10-12-20)24-16-23-25(28(24)21-7-4-8-22(29)15-21)13-19(14-26(23)30)17-5-2-1-3-6-17/h1-12,15-16,19,29H,13-14H2. The van der Waals surface area contributed by atoms with Crippen LogP contribution in [0.25, 0.3) is 16.9 Å². The summed E-state index contributed by atoms with van der Waals surface area (Å²) in [4.78, 5) is 13.1. The third kappa shape index (κ3) is 3.37. The molecule has 1 aliphatic carbocycles. The van der Waals surface area contributed by atoms with Gasteiger partial charge in [0.1, 0.15) is 5.75 Å². The molecule has 1 N–H and O–H groups in total. The molecule has 148 valence electrons. The molecule has 4 heteroatoms. The van der Waals surface area contributed by atoms with Gasteiger partial charge < -0.3 is 9.67 Å². The van der Waals surface area contributed by atoms with Gasteiger partial charge in [-0.2, -0.15) is 0 Å². The Morgan fingerprint density at radius 3 is 2.37 bits per heavy atom. The summed E-state index contributed by atoms with van der Waals surface area (Å²) in [7, 11) is 0. The fraction of sp³-hybridized carbons (Fsp3) is 0.115. The second-order valence-electron chi connectivity index (χ2n) is 7.69. The van der Waals surface area contributed by atoms with E-state index in [0.717, 1.165) is 39.1 Å². The lowest BCUT2D eigenvalue weighted by molar-refractivity contribution is 0.0963. The van der Waals surface area contributed by atoms with Crippen LogP contribution in [0.1, 0.15) is 34.0 Å². The van der Waals surface area contributed by atoms with Crippen LogP contribution in [0, 0.1) is 0 Å². The van der Waals surface area contributed by atoms with E-state index in [1.807, 2.05) is 60.7 Å². The molecule has 4 aromatic rings. The Morgan fingerprint density at radius 2 is 1.63 bits per heavy atom. The first kappa shape index (κ1) is 18.9. The van der Waals surface area contributed by atoms with Gasteiger partial charge in [-0.15, -0.1) is 0 Å². The number of phenolic OH excluding ortho intramolecular Hbond substituents is 1. The highest BCUT2D eigenvalue weighted by molar-refractivity contribution is 9.10. The number of hydrogen-bond acceptors (Lipinski definition) is 2. The highest BCUT2D eigenvalue weighted by Crippen LogP contribution is 2.39. The van der Waals surface area contributed by atoms with E-state index >= 15 is 0 Å². The Labute approximate surface area is 183 Å². The first-order chi connectivity index (χ1) is 14.6. The monoisotopic (exact) mass is 457 g/mol. The van der Waals surface area contributed by atoms with Crippen molar-refractivity contribution < 1.29 is 9.90 Å². The summed E-state index contributed by atoms with van der Waals surface area (Å²) in [6.07, 6.45) is 1.29. The van der Waals surface area contributed by atoms with Gasteiger partial charge in [0.25, 0.3) is 0 Å². The number of aromatic hydroxyl groups is 1. The number of rotatable bonds is 3. The molecule has 1 heterocycles. The van der Waals surface area contributed by atoms with Gasteiger partial charge in [-0.3, -0.25) is 4.79 Å². The third-order valence-corrected chi connectivity index (χ3v) is 6.30. The molecule has 1 atom stereocenters. The van der Waals surface area contributed by atoms with Crippen molar-refractivity contribution in [3.63, 3.8) is 0 Å². The summed E-state index contributed by atoms with van der Waals surface area (Å²) < 4.78 is 3.14. The number of halogens is 1. The predicted octanol–water partition coefficient (Wildman–Crippen LogP) is 6.53. The molecule has 0 radical (unpaired) electrons. The maximum Gasteiger partial charge on any atom is 0.165 e. The Kier molecular flexibility index (Phi) is 4.80. The normalized spacial score (nSPS) is 15.8. The Hall–Kier alpha value is -3.11. The molecule has 0 bridgehead atoms. The number of hydrogen-bond donors (Lipinski definition) is 1. The number of Topliss-reactive ketones (excluding diaryl/α,β-unsaturated/α-hetero) is 1. The van der Waals surface area contributed by atoms with E-state index in [4.69, 9.17) is 0 Å². The van der Waals surface area contributed by atoms with Gasteiger partial charge in [0.05, 0.1) is 5.69 Å². The third-order valence-electron chi connectivity index (χ3n) is 5.77. The summed E-state index contributed by atoms with van der Waals surface area (Å²) in [6.45, 7) is 0. The zero-order valence-corrected chi connectivity index (χ0v) is 17.8. The van der Waals surface area contributed by atoms with Crippen molar-refractivity contribution in [1.29, 1.82) is 0 Å². The molecule has 0 spiro atoms. The van der Waals surface area contributed by atoms with Crippen molar-refractivity contribution in [2.24, 2.45) is 0 Å². The summed E-state index contributed by atoms with van der Waals surface area (Å²) in [5.74, 6) is 0.524. The molecule has 1 aliphatic rings. The van der Waals surface area contributed by atoms with Crippen molar-refractivity contribution in [2.75, 3.05) is 0 Å². The Morgan fingerprint density at radius 1 is 0.867 bits per heavy atom. The maximum absolute atomic E-state index is 13.1. The van der Waals surface area contributed by atoms with Crippen LogP contribution in [0.2, 0.25) is 0 Å². The smallest absolute Gasteiger partial charge is 0.165 e. The van der Waals surface area contributed by atoms with Crippen LogP contribution >= 0.6 is 15.9 Å². The minimum atomic E-state index is 0.148. The summed E-state index contributed by atoms with van der Waals surface area (Å²) in [6, 6.07) is 27.6. The van der Waals surface area contributed by atoms with E-state index in [2.05, 4.69) is 32.6 Å². The average Bonchev–Trinajstić information content (AvgIpc) is 3.15. The van der Waals surface area contributed by atoms with Crippen molar-refractivity contribution >= 4 is 21.7 Å². The molecule has 30 heavy (non-hydrogen) atoms. The minimum absolute atomic E-state index is 0.148. The van der Waals surface area contributed by atoms with Crippen LogP contribution in [0.5, 0.6) is 5.75 Å². The number of phenols is 1. The van der Waals surface area contributed by atoms with E-state index in [1.165, 1.54) is 5.56 Å². The number of carbonyl (C=O) groups excluding carboxylic acids is 1. The number of carbonyl (C=O) groups is 1. The Bertz CT molecular complexity index is 1230. The largest absolute Gasteiger partial charge is 0.508 e. The van der Waals surface area contributed by atoms with Crippen molar-refractivity contribution in [3.8, 4) is 22.7 Å². The number of aromatic nitrogens is 1. The van der Waals surface area contributed by atoms with Crippen molar-refractivity contribution in [1.82, 2.24) is 4.57 Å². The van der Waals surface area contributed by atoms with E-state index < -0.39 is 0 Å². The highest BCUT2D eigenvalue weighted by atomic mass is 79.9. The van der Waals surface area contributed by atoms with E-state index in [1.54, 1.807) is 12.1 Å². The molecule has 0 fully saturated rings. The molecule has 1 aromatic heterocycles. The SMILES string of the molecule is O=C1CC(c2ccccc2)Cc2c1cc(-c1ccc(Br)cc1)n2-c1cccc(O)c1. The quantitative estimate of drug-likeness (QED) is 0.380. The topological polar surface area (TPSA) is 42.2 Å². The predicted molar refractivity (Wildman–Crippen MR) is 122 cm³/mol. The van der Waals surface area contributed by atoms with Crippen LogP contribution in [-0.2, 0) is 6.42 Å². The molecule has 3 aromatic carbocycles. The van der Waals surface area contributed by atoms with Gasteiger partial charge in [-0.05, 0) is 53.8 Å². The van der Waals surface area contributed by atoms with Crippen LogP contribution in [-0.4, -0.2) is 15.5 Å². The number of fused-ring (bicyclic) bond motifs is 1. The fourth-order valence-corrected chi connectivity index (χ4v) is 4.62. The van der Waals surface area contributed by atoms with Crippen LogP contribution in [0.4, 0.5) is 0 Å². The first-order valence-corrected chi connectivity index (χ1v) is 10.8. The highest BCUT2D eigenvalue weighted by Gasteiger charge is 2.31. The number of ketones is 1. The lowest BCUT2D eigenvalue weighted by atomic mass is 9.82. The van der Waals surface area contributed by atoms with Gasteiger partial charge in [0, 0.05) is 33.9 Å². The van der Waals surface area contributed by atoms with E-state index in [0.29, 0.717) is 6.42 Å². The summed E-state index contributed by atoms with van der Waals surface area (Å²) in [5, 5.41) is 10.1. The van der Waals surface area contributed by atoms with Gasteiger partial charge in [-0.25, -0.2) is 0 Å². The zero-order chi connectivity index (χ0) is 20.7. The molecule has 0 saturated carbocycles. The molecule has 3 nitrogen and oxygen atoms in total. The lowest BCUT2D eigenvalue weighted by Crippen LogP contribution is -2.20. The summed E-state index contributed by atoms with van der Waals surface area (Å²) >= 11 is 3.50. The molecule has 5 rings (SSSR count). The first-order valence-electron chi connectivity index (χ1n) is 9.98. The van der Waals surface area contributed by atoms with Gasteiger partial charge in [0.15, 0.2) is 5.78 Å². The molecular formula is C26H20BrNO2. The second kappa shape index (κ2) is 7.62.